The minimum Gasteiger partial charge on any atom is -0.377 e. The van der Waals surface area contributed by atoms with Gasteiger partial charge in [0.15, 0.2) is 0 Å². The average molecular weight is 168 g/mol. The molecule has 0 aliphatic rings. The first-order valence-electron chi connectivity index (χ1n) is 4.07. The Morgan fingerprint density at radius 1 is 1.42 bits per heavy atom. The summed E-state index contributed by atoms with van der Waals surface area (Å²) in [5, 5.41) is 0. The molecule has 0 saturated heterocycles. The molecule has 0 aliphatic carbocycles. The molecule has 0 aromatic heterocycles. The van der Waals surface area contributed by atoms with Gasteiger partial charge in [-0.3, -0.25) is 0 Å². The normalized spacial score (nSPS) is 10.2. The molecule has 0 amide bonds. The summed E-state index contributed by atoms with van der Waals surface area (Å²) in [6, 6.07) is 5.17. The third-order valence-corrected chi connectivity index (χ3v) is 1.67. The first-order chi connectivity index (χ1) is 5.74. The van der Waals surface area contributed by atoms with Gasteiger partial charge in [-0.2, -0.15) is 0 Å². The van der Waals surface area contributed by atoms with Gasteiger partial charge in [-0.15, -0.1) is 0 Å². The molecule has 1 aromatic carbocycles. The largest absolute Gasteiger partial charge is 0.377 e. The van der Waals surface area contributed by atoms with Crippen LogP contribution in [0.25, 0.3) is 0 Å². The molecule has 1 aromatic rings. The van der Waals surface area contributed by atoms with E-state index in [-0.39, 0.29) is 5.82 Å². The van der Waals surface area contributed by atoms with E-state index in [9.17, 15) is 4.39 Å². The predicted octanol–water partition coefficient (Wildman–Crippen LogP) is 2.67. The van der Waals surface area contributed by atoms with Gasteiger partial charge in [0.05, 0.1) is 6.61 Å². The number of rotatable bonds is 3. The van der Waals surface area contributed by atoms with Crippen molar-refractivity contribution in [2.45, 2.75) is 20.5 Å². The molecule has 66 valence electrons. The molecule has 0 fully saturated rings. The summed E-state index contributed by atoms with van der Waals surface area (Å²) in [5.41, 5.74) is 1.56. The Balaban J connectivity index is 2.72. The molecular weight excluding hydrogens is 155 g/mol. The summed E-state index contributed by atoms with van der Waals surface area (Å²) in [7, 11) is 0. The smallest absolute Gasteiger partial charge is 0.128 e. The second kappa shape index (κ2) is 4.21. The fraction of sp³-hybridized carbons (Fsp3) is 0.400. The fourth-order valence-electron chi connectivity index (χ4n) is 0.981. The molecule has 0 saturated carbocycles. The Morgan fingerprint density at radius 2 is 2.17 bits per heavy atom. The Kier molecular flexibility index (Phi) is 3.23. The molecule has 0 radical (unpaired) electrons. The van der Waals surface area contributed by atoms with E-state index in [2.05, 4.69) is 0 Å². The van der Waals surface area contributed by atoms with Crippen LogP contribution in [0.4, 0.5) is 4.39 Å². The van der Waals surface area contributed by atoms with E-state index in [0.29, 0.717) is 18.8 Å². The minimum absolute atomic E-state index is 0.177. The molecule has 0 heterocycles. The second-order valence-corrected chi connectivity index (χ2v) is 2.73. The zero-order valence-electron chi connectivity index (χ0n) is 7.43. The standard InChI is InChI=1S/C10H13FO/c1-3-12-7-9-5-4-8(2)6-10(9)11/h4-6H,3,7H2,1-2H3. The molecule has 1 rings (SSSR count). The van der Waals surface area contributed by atoms with Crippen LogP contribution in [0, 0.1) is 12.7 Å². The molecule has 0 spiro atoms. The van der Waals surface area contributed by atoms with Crippen molar-refractivity contribution < 1.29 is 9.13 Å². The van der Waals surface area contributed by atoms with Gasteiger partial charge in [-0.25, -0.2) is 4.39 Å². The van der Waals surface area contributed by atoms with Crippen molar-refractivity contribution in [2.75, 3.05) is 6.61 Å². The van der Waals surface area contributed by atoms with Gasteiger partial charge in [0.2, 0.25) is 0 Å². The molecule has 0 N–H and O–H groups in total. The molecular formula is C10H13FO. The highest BCUT2D eigenvalue weighted by molar-refractivity contribution is 5.22. The van der Waals surface area contributed by atoms with Crippen molar-refractivity contribution in [1.29, 1.82) is 0 Å². The first kappa shape index (κ1) is 9.20. The Hall–Kier alpha value is -0.890. The van der Waals surface area contributed by atoms with E-state index in [4.69, 9.17) is 4.74 Å². The van der Waals surface area contributed by atoms with Crippen molar-refractivity contribution in [3.63, 3.8) is 0 Å². The highest BCUT2D eigenvalue weighted by atomic mass is 19.1. The van der Waals surface area contributed by atoms with Crippen LogP contribution in [0.15, 0.2) is 18.2 Å². The summed E-state index contributed by atoms with van der Waals surface area (Å²) in [4.78, 5) is 0. The van der Waals surface area contributed by atoms with Gasteiger partial charge in [-0.05, 0) is 25.5 Å². The number of aryl methyl sites for hydroxylation is 1. The van der Waals surface area contributed by atoms with E-state index < -0.39 is 0 Å². The molecule has 1 nitrogen and oxygen atoms in total. The lowest BCUT2D eigenvalue weighted by Crippen LogP contribution is -1.95. The number of ether oxygens (including phenoxy) is 1. The summed E-state index contributed by atoms with van der Waals surface area (Å²) in [5.74, 6) is -0.177. The Bertz CT molecular complexity index is 258. The van der Waals surface area contributed by atoms with Crippen LogP contribution in [-0.2, 0) is 11.3 Å². The summed E-state index contributed by atoms with van der Waals surface area (Å²) in [6.45, 7) is 4.75. The van der Waals surface area contributed by atoms with Crippen molar-refractivity contribution in [3.05, 3.63) is 35.1 Å². The van der Waals surface area contributed by atoms with Gasteiger partial charge in [0.1, 0.15) is 5.82 Å². The molecule has 0 bridgehead atoms. The average Bonchev–Trinajstić information content (AvgIpc) is 2.03. The third-order valence-electron chi connectivity index (χ3n) is 1.67. The predicted molar refractivity (Wildman–Crippen MR) is 46.5 cm³/mol. The number of hydrogen-bond acceptors (Lipinski definition) is 1. The van der Waals surface area contributed by atoms with E-state index in [1.165, 1.54) is 6.07 Å². The van der Waals surface area contributed by atoms with E-state index in [1.54, 1.807) is 6.07 Å². The van der Waals surface area contributed by atoms with Crippen LogP contribution in [0.3, 0.4) is 0 Å². The minimum atomic E-state index is -0.177. The quantitative estimate of drug-likeness (QED) is 0.674. The highest BCUT2D eigenvalue weighted by Gasteiger charge is 2.00. The van der Waals surface area contributed by atoms with E-state index in [0.717, 1.165) is 5.56 Å². The first-order valence-corrected chi connectivity index (χ1v) is 4.07. The monoisotopic (exact) mass is 168 g/mol. The van der Waals surface area contributed by atoms with Crippen LogP contribution in [0.5, 0.6) is 0 Å². The van der Waals surface area contributed by atoms with Crippen LogP contribution < -0.4 is 0 Å². The van der Waals surface area contributed by atoms with Crippen molar-refractivity contribution in [2.24, 2.45) is 0 Å². The van der Waals surface area contributed by atoms with Gasteiger partial charge in [0, 0.05) is 12.2 Å². The van der Waals surface area contributed by atoms with Crippen LogP contribution in [-0.4, -0.2) is 6.61 Å². The number of halogens is 1. The van der Waals surface area contributed by atoms with Crippen molar-refractivity contribution in [3.8, 4) is 0 Å². The maximum Gasteiger partial charge on any atom is 0.128 e. The van der Waals surface area contributed by atoms with Crippen molar-refractivity contribution in [1.82, 2.24) is 0 Å². The zero-order chi connectivity index (χ0) is 8.97. The summed E-state index contributed by atoms with van der Waals surface area (Å²) >= 11 is 0. The fourth-order valence-corrected chi connectivity index (χ4v) is 0.981. The van der Waals surface area contributed by atoms with Gasteiger partial charge < -0.3 is 4.74 Å². The van der Waals surface area contributed by atoms with Gasteiger partial charge in [0.25, 0.3) is 0 Å². The lowest BCUT2D eigenvalue weighted by Gasteiger charge is -2.03. The zero-order valence-corrected chi connectivity index (χ0v) is 7.43. The SMILES string of the molecule is CCOCc1ccc(C)cc1F. The lowest BCUT2D eigenvalue weighted by molar-refractivity contribution is 0.131. The molecule has 12 heavy (non-hydrogen) atoms. The molecule has 0 atom stereocenters. The summed E-state index contributed by atoms with van der Waals surface area (Å²) in [6.07, 6.45) is 0. The third kappa shape index (κ3) is 2.31. The Labute approximate surface area is 72.2 Å². The second-order valence-electron chi connectivity index (χ2n) is 2.73. The van der Waals surface area contributed by atoms with E-state index in [1.807, 2.05) is 19.9 Å². The number of hydrogen-bond donors (Lipinski definition) is 0. The molecule has 0 unspecified atom stereocenters. The van der Waals surface area contributed by atoms with Gasteiger partial charge in [-0.1, -0.05) is 12.1 Å². The van der Waals surface area contributed by atoms with Gasteiger partial charge >= 0.3 is 0 Å². The lowest BCUT2D eigenvalue weighted by atomic mass is 10.1. The molecule has 0 aliphatic heterocycles. The van der Waals surface area contributed by atoms with Crippen molar-refractivity contribution >= 4 is 0 Å². The van der Waals surface area contributed by atoms with Crippen LogP contribution in [0.1, 0.15) is 18.1 Å². The number of benzene rings is 1. The van der Waals surface area contributed by atoms with Crippen LogP contribution in [0.2, 0.25) is 0 Å². The van der Waals surface area contributed by atoms with E-state index >= 15 is 0 Å². The topological polar surface area (TPSA) is 9.23 Å². The highest BCUT2D eigenvalue weighted by Crippen LogP contribution is 2.10. The Morgan fingerprint density at radius 3 is 2.75 bits per heavy atom. The molecule has 2 heteroatoms. The summed E-state index contributed by atoms with van der Waals surface area (Å²) < 4.78 is 18.2. The maximum atomic E-state index is 13.1. The van der Waals surface area contributed by atoms with Crippen LogP contribution >= 0.6 is 0 Å². The maximum absolute atomic E-state index is 13.1.